The number of hydrogen-bond donors (Lipinski definition) is 2. The molecule has 4 aromatic rings. The molecule has 0 aromatic heterocycles. The van der Waals surface area contributed by atoms with E-state index in [9.17, 15) is 13.2 Å². The summed E-state index contributed by atoms with van der Waals surface area (Å²) in [4.78, 5) is 14.9. The molecule has 0 unspecified atom stereocenters. The molecule has 2 N–H and O–H groups in total. The van der Waals surface area contributed by atoms with Crippen LogP contribution in [0.4, 0.5) is 16.2 Å². The fourth-order valence-electron chi connectivity index (χ4n) is 4.58. The minimum absolute atomic E-state index is 0.124. The van der Waals surface area contributed by atoms with Crippen LogP contribution in [-0.4, -0.2) is 52.3 Å². The highest BCUT2D eigenvalue weighted by Gasteiger charge is 2.19. The number of amides is 1. The van der Waals surface area contributed by atoms with Gasteiger partial charge in [0.05, 0.1) is 30.4 Å². The smallest absolute Gasteiger partial charge is 0.411 e. The third-order valence-corrected chi connectivity index (χ3v) is 8.03. The summed E-state index contributed by atoms with van der Waals surface area (Å²) in [5.41, 5.74) is 3.14. The number of anilines is 2. The van der Waals surface area contributed by atoms with Gasteiger partial charge < -0.3 is 9.47 Å². The van der Waals surface area contributed by atoms with E-state index in [1.54, 1.807) is 48.5 Å². The molecule has 5 rings (SSSR count). The molecule has 0 aliphatic carbocycles. The number of rotatable bonds is 9. The van der Waals surface area contributed by atoms with Gasteiger partial charge in [0.1, 0.15) is 0 Å². The summed E-state index contributed by atoms with van der Waals surface area (Å²) in [6.45, 7) is 4.26. The van der Waals surface area contributed by atoms with Crippen molar-refractivity contribution in [3.8, 4) is 0 Å². The van der Waals surface area contributed by atoms with E-state index >= 15 is 0 Å². The summed E-state index contributed by atoms with van der Waals surface area (Å²) in [5.74, 6) is 0. The van der Waals surface area contributed by atoms with Crippen molar-refractivity contribution in [2.24, 2.45) is 0 Å². The van der Waals surface area contributed by atoms with Gasteiger partial charge in [0, 0.05) is 42.5 Å². The lowest BCUT2D eigenvalue weighted by molar-refractivity contribution is 0.0342. The Hall–Kier alpha value is -3.92. The normalized spacial score (nSPS) is 14.2. The lowest BCUT2D eigenvalue weighted by Gasteiger charge is -2.26. The Balaban J connectivity index is 1.26. The first-order chi connectivity index (χ1) is 19.0. The lowest BCUT2D eigenvalue weighted by atomic mass is 10.1. The van der Waals surface area contributed by atoms with Crippen molar-refractivity contribution < 1.29 is 22.7 Å². The maximum absolute atomic E-state index is 13.4. The molecule has 1 heterocycles. The fourth-order valence-corrected chi connectivity index (χ4v) is 5.86. The van der Waals surface area contributed by atoms with Crippen molar-refractivity contribution in [2.75, 3.05) is 42.9 Å². The van der Waals surface area contributed by atoms with Gasteiger partial charge in [0.15, 0.2) is 0 Å². The second-order valence-corrected chi connectivity index (χ2v) is 11.0. The molecule has 0 radical (unpaired) electrons. The predicted molar refractivity (Wildman–Crippen MR) is 152 cm³/mol. The Bertz CT molecular complexity index is 1520. The SMILES string of the molecule is O=C(Nc1cccc2c(S(=O)(=O)Nc3ccc(CN4CCOCC4)cc3)cccc12)OCCc1ccccc1. The molecule has 9 heteroatoms. The van der Waals surface area contributed by atoms with Crippen LogP contribution in [0.3, 0.4) is 0 Å². The first-order valence-corrected chi connectivity index (χ1v) is 14.4. The molecule has 8 nitrogen and oxygen atoms in total. The molecule has 0 bridgehead atoms. The monoisotopic (exact) mass is 545 g/mol. The molecule has 0 saturated carbocycles. The minimum Gasteiger partial charge on any atom is -0.449 e. The van der Waals surface area contributed by atoms with Crippen LogP contribution >= 0.6 is 0 Å². The highest BCUT2D eigenvalue weighted by molar-refractivity contribution is 7.93. The van der Waals surface area contributed by atoms with E-state index in [1.807, 2.05) is 42.5 Å². The zero-order chi connectivity index (χ0) is 27.1. The van der Waals surface area contributed by atoms with Crippen LogP contribution in [0, 0.1) is 0 Å². The van der Waals surface area contributed by atoms with Crippen molar-refractivity contribution in [2.45, 2.75) is 17.9 Å². The first-order valence-electron chi connectivity index (χ1n) is 12.9. The number of sulfonamides is 1. The van der Waals surface area contributed by atoms with Crippen molar-refractivity contribution in [1.82, 2.24) is 4.90 Å². The number of fused-ring (bicyclic) bond motifs is 1. The van der Waals surface area contributed by atoms with E-state index in [4.69, 9.17) is 9.47 Å². The second-order valence-electron chi connectivity index (χ2n) is 9.34. The highest BCUT2D eigenvalue weighted by atomic mass is 32.2. The molecule has 1 fully saturated rings. The number of nitrogens with one attached hydrogen (secondary N) is 2. The maximum atomic E-state index is 13.4. The summed E-state index contributed by atoms with van der Waals surface area (Å²) >= 11 is 0. The molecule has 202 valence electrons. The van der Waals surface area contributed by atoms with Crippen LogP contribution < -0.4 is 10.0 Å². The van der Waals surface area contributed by atoms with E-state index in [2.05, 4.69) is 14.9 Å². The van der Waals surface area contributed by atoms with Crippen LogP contribution in [0.1, 0.15) is 11.1 Å². The van der Waals surface area contributed by atoms with E-state index < -0.39 is 16.1 Å². The molecule has 1 aliphatic heterocycles. The number of morpholine rings is 1. The molecule has 4 aromatic carbocycles. The average Bonchev–Trinajstić information content (AvgIpc) is 2.95. The van der Waals surface area contributed by atoms with E-state index in [0.717, 1.165) is 44.0 Å². The van der Waals surface area contributed by atoms with Gasteiger partial charge in [0.2, 0.25) is 0 Å². The third-order valence-electron chi connectivity index (χ3n) is 6.59. The number of nitrogens with zero attached hydrogens (tertiary/aromatic N) is 1. The number of carbonyl (C=O) groups is 1. The van der Waals surface area contributed by atoms with Crippen LogP contribution in [0.25, 0.3) is 10.8 Å². The summed E-state index contributed by atoms with van der Waals surface area (Å²) in [5, 5.41) is 3.85. The van der Waals surface area contributed by atoms with Crippen LogP contribution in [0.2, 0.25) is 0 Å². The van der Waals surface area contributed by atoms with Crippen LogP contribution in [-0.2, 0) is 32.5 Å². The first kappa shape index (κ1) is 26.7. The van der Waals surface area contributed by atoms with Crippen molar-refractivity contribution in [1.29, 1.82) is 0 Å². The standard InChI is InChI=1S/C30H31N3O5S/c34-30(38-19-16-23-6-2-1-3-7-23)31-28-10-4-9-27-26(28)8-5-11-29(27)39(35,36)32-25-14-12-24(13-15-25)22-33-17-20-37-21-18-33/h1-15,32H,16-22H2,(H,31,34). The zero-order valence-corrected chi connectivity index (χ0v) is 22.3. The molecular formula is C30H31N3O5S. The van der Waals surface area contributed by atoms with Crippen LogP contribution in [0.5, 0.6) is 0 Å². The molecule has 39 heavy (non-hydrogen) atoms. The minimum atomic E-state index is -3.89. The Morgan fingerprint density at radius 2 is 1.54 bits per heavy atom. The molecular weight excluding hydrogens is 514 g/mol. The van der Waals surface area contributed by atoms with E-state index in [1.165, 1.54) is 0 Å². The van der Waals surface area contributed by atoms with Crippen molar-refractivity contribution >= 4 is 38.3 Å². The molecule has 1 saturated heterocycles. The van der Waals surface area contributed by atoms with E-state index in [-0.39, 0.29) is 11.5 Å². The summed E-state index contributed by atoms with van der Waals surface area (Å²) in [6, 6.07) is 27.3. The Morgan fingerprint density at radius 1 is 0.821 bits per heavy atom. The van der Waals surface area contributed by atoms with Gasteiger partial charge in [-0.25, -0.2) is 13.2 Å². The highest BCUT2D eigenvalue weighted by Crippen LogP contribution is 2.30. The fraction of sp³-hybridized carbons (Fsp3) is 0.233. The molecule has 0 spiro atoms. The summed E-state index contributed by atoms with van der Waals surface area (Å²) in [6.07, 6.45) is 0.00784. The molecule has 1 amide bonds. The van der Waals surface area contributed by atoms with Gasteiger partial charge in [-0.1, -0.05) is 66.7 Å². The third kappa shape index (κ3) is 6.94. The Morgan fingerprint density at radius 3 is 2.31 bits per heavy atom. The number of carbonyl (C=O) groups excluding carboxylic acids is 1. The van der Waals surface area contributed by atoms with Gasteiger partial charge in [-0.3, -0.25) is 14.9 Å². The average molecular weight is 546 g/mol. The zero-order valence-electron chi connectivity index (χ0n) is 21.5. The van der Waals surface area contributed by atoms with Gasteiger partial charge in [-0.05, 0) is 35.4 Å². The largest absolute Gasteiger partial charge is 0.449 e. The van der Waals surface area contributed by atoms with Gasteiger partial charge in [-0.2, -0.15) is 0 Å². The van der Waals surface area contributed by atoms with E-state index in [0.29, 0.717) is 28.6 Å². The van der Waals surface area contributed by atoms with Gasteiger partial charge in [0.25, 0.3) is 10.0 Å². The molecule has 1 aliphatic rings. The van der Waals surface area contributed by atoms with Gasteiger partial charge in [-0.15, -0.1) is 0 Å². The Labute approximate surface area is 228 Å². The quantitative estimate of drug-likeness (QED) is 0.298. The van der Waals surface area contributed by atoms with Crippen molar-refractivity contribution in [3.63, 3.8) is 0 Å². The summed E-state index contributed by atoms with van der Waals surface area (Å²) < 4.78 is 40.2. The van der Waals surface area contributed by atoms with Crippen molar-refractivity contribution in [3.05, 3.63) is 102 Å². The predicted octanol–water partition coefficient (Wildman–Crippen LogP) is 5.26. The summed E-state index contributed by atoms with van der Waals surface area (Å²) in [7, 11) is -3.89. The number of benzene rings is 4. The number of hydrogen-bond acceptors (Lipinski definition) is 6. The number of ether oxygens (including phenoxy) is 2. The molecule has 0 atom stereocenters. The van der Waals surface area contributed by atoms with Gasteiger partial charge >= 0.3 is 6.09 Å². The maximum Gasteiger partial charge on any atom is 0.411 e. The van der Waals surface area contributed by atoms with Crippen LogP contribution in [0.15, 0.2) is 95.9 Å². The lowest BCUT2D eigenvalue weighted by Crippen LogP contribution is -2.35. The topological polar surface area (TPSA) is 97.0 Å². The second kappa shape index (κ2) is 12.3. The Kier molecular flexibility index (Phi) is 8.41.